The number of hydrogen-bond donors (Lipinski definition) is 0. The Labute approximate surface area is 161 Å². The zero-order valence-electron chi connectivity index (χ0n) is 15.9. The minimum Gasteiger partial charge on any atom is -0.332 e. The number of thioether (sulfide) groups is 1. The second kappa shape index (κ2) is 6.84. The molecule has 142 valence electrons. The predicted molar refractivity (Wildman–Crippen MR) is 101 cm³/mol. The van der Waals surface area contributed by atoms with Crippen molar-refractivity contribution in [3.63, 3.8) is 0 Å². The van der Waals surface area contributed by atoms with Gasteiger partial charge in [-0.25, -0.2) is 0 Å². The second-order valence-electron chi connectivity index (χ2n) is 6.51. The van der Waals surface area contributed by atoms with E-state index in [9.17, 15) is 4.79 Å². The molecule has 0 aliphatic carbocycles. The van der Waals surface area contributed by atoms with E-state index in [0.717, 1.165) is 40.1 Å². The maximum atomic E-state index is 12.9. The highest BCUT2D eigenvalue weighted by Gasteiger charge is 2.30. The smallest absolute Gasteiger partial charge is 0.272 e. The lowest BCUT2D eigenvalue weighted by Crippen LogP contribution is -2.37. The molecular weight excluding hydrogens is 364 g/mol. The standard InChI is InChI=1S/C17H22N8OS/c1-5-27-17-20-19-15(22(17)2)14-11-10-25(9-7-12(11)24(4)21-14)16(26)13-6-8-18-23(13)3/h6,8H,5,7,9-10H2,1-4H3. The van der Waals surface area contributed by atoms with Crippen LogP contribution in [0.5, 0.6) is 0 Å². The number of hydrogen-bond acceptors (Lipinski definition) is 6. The molecule has 1 aliphatic heterocycles. The molecule has 0 aromatic carbocycles. The van der Waals surface area contributed by atoms with Crippen molar-refractivity contribution in [1.82, 2.24) is 39.2 Å². The van der Waals surface area contributed by atoms with Gasteiger partial charge in [0.1, 0.15) is 11.4 Å². The number of amides is 1. The van der Waals surface area contributed by atoms with Crippen molar-refractivity contribution in [2.24, 2.45) is 21.1 Å². The van der Waals surface area contributed by atoms with E-state index in [0.29, 0.717) is 18.8 Å². The van der Waals surface area contributed by atoms with Gasteiger partial charge in [0, 0.05) is 51.6 Å². The number of aromatic nitrogens is 7. The monoisotopic (exact) mass is 386 g/mol. The first-order chi connectivity index (χ1) is 13.0. The Morgan fingerprint density at radius 2 is 2.04 bits per heavy atom. The van der Waals surface area contributed by atoms with Crippen LogP contribution in [0.15, 0.2) is 17.4 Å². The number of aryl methyl sites for hydroxylation is 2. The van der Waals surface area contributed by atoms with Crippen molar-refractivity contribution < 1.29 is 4.79 Å². The van der Waals surface area contributed by atoms with Crippen LogP contribution < -0.4 is 0 Å². The lowest BCUT2D eigenvalue weighted by Gasteiger charge is -2.27. The summed E-state index contributed by atoms with van der Waals surface area (Å²) in [6, 6.07) is 1.75. The van der Waals surface area contributed by atoms with Crippen LogP contribution in [0.3, 0.4) is 0 Å². The Kier molecular flexibility index (Phi) is 4.50. The molecular formula is C17H22N8OS. The number of carbonyl (C=O) groups excluding carboxylic acids is 1. The molecule has 4 rings (SSSR count). The SMILES string of the molecule is CCSc1nnc(-c2nn(C)c3c2CN(C(=O)c2ccnn2C)CC3)n1C. The zero-order chi connectivity index (χ0) is 19.1. The van der Waals surface area contributed by atoms with Gasteiger partial charge in [-0.3, -0.25) is 14.2 Å². The molecule has 4 heterocycles. The highest BCUT2D eigenvalue weighted by atomic mass is 32.2. The Bertz CT molecular complexity index is 1000. The fourth-order valence-corrected chi connectivity index (χ4v) is 4.10. The van der Waals surface area contributed by atoms with Crippen LogP contribution in [0.25, 0.3) is 11.5 Å². The first-order valence-corrected chi connectivity index (χ1v) is 9.84. The van der Waals surface area contributed by atoms with E-state index >= 15 is 0 Å². The molecule has 0 atom stereocenters. The van der Waals surface area contributed by atoms with E-state index in [1.54, 1.807) is 35.8 Å². The van der Waals surface area contributed by atoms with Gasteiger partial charge in [0.15, 0.2) is 11.0 Å². The summed E-state index contributed by atoms with van der Waals surface area (Å²) in [4.78, 5) is 14.8. The summed E-state index contributed by atoms with van der Waals surface area (Å²) in [7, 11) is 5.68. The van der Waals surface area contributed by atoms with Crippen molar-refractivity contribution in [3.05, 3.63) is 29.2 Å². The maximum Gasteiger partial charge on any atom is 0.272 e. The summed E-state index contributed by atoms with van der Waals surface area (Å²) >= 11 is 1.65. The number of rotatable bonds is 4. The Balaban J connectivity index is 1.69. The number of nitrogens with zero attached hydrogens (tertiary/aromatic N) is 8. The predicted octanol–water partition coefficient (Wildman–Crippen LogP) is 1.26. The molecule has 9 nitrogen and oxygen atoms in total. The van der Waals surface area contributed by atoms with Crippen LogP contribution in [0.1, 0.15) is 28.7 Å². The quantitative estimate of drug-likeness (QED) is 0.628. The van der Waals surface area contributed by atoms with E-state index in [1.807, 2.05) is 28.2 Å². The topological polar surface area (TPSA) is 86.7 Å². The largest absolute Gasteiger partial charge is 0.332 e. The number of carbonyl (C=O) groups is 1. The normalized spacial score (nSPS) is 13.9. The average molecular weight is 386 g/mol. The summed E-state index contributed by atoms with van der Waals surface area (Å²) in [6.45, 7) is 3.25. The Hall–Kier alpha value is -2.62. The highest BCUT2D eigenvalue weighted by Crippen LogP contribution is 2.30. The van der Waals surface area contributed by atoms with Crippen LogP contribution in [-0.4, -0.2) is 57.4 Å². The van der Waals surface area contributed by atoms with Gasteiger partial charge in [-0.05, 0) is 11.8 Å². The third-order valence-corrected chi connectivity index (χ3v) is 5.79. The van der Waals surface area contributed by atoms with Crippen molar-refractivity contribution in [3.8, 4) is 11.5 Å². The van der Waals surface area contributed by atoms with E-state index < -0.39 is 0 Å². The van der Waals surface area contributed by atoms with Gasteiger partial charge < -0.3 is 9.47 Å². The third-order valence-electron chi connectivity index (χ3n) is 4.89. The zero-order valence-corrected chi connectivity index (χ0v) is 16.7. The first kappa shape index (κ1) is 17.8. The number of fused-ring (bicyclic) bond motifs is 1. The molecule has 27 heavy (non-hydrogen) atoms. The molecule has 3 aromatic rings. The molecule has 0 spiro atoms. The molecule has 0 saturated heterocycles. The minimum absolute atomic E-state index is 0.0179. The van der Waals surface area contributed by atoms with Crippen molar-refractivity contribution in [2.75, 3.05) is 12.3 Å². The molecule has 10 heteroatoms. The lowest BCUT2D eigenvalue weighted by molar-refractivity contribution is 0.0722. The van der Waals surface area contributed by atoms with Crippen molar-refractivity contribution in [1.29, 1.82) is 0 Å². The van der Waals surface area contributed by atoms with Crippen LogP contribution in [0, 0.1) is 0 Å². The van der Waals surface area contributed by atoms with Crippen molar-refractivity contribution in [2.45, 2.75) is 25.0 Å². The van der Waals surface area contributed by atoms with Gasteiger partial charge in [-0.2, -0.15) is 10.2 Å². The molecule has 0 saturated carbocycles. The Morgan fingerprint density at radius 3 is 2.74 bits per heavy atom. The molecule has 0 unspecified atom stereocenters. The van der Waals surface area contributed by atoms with Gasteiger partial charge in [-0.1, -0.05) is 18.7 Å². The molecule has 1 aliphatic rings. The average Bonchev–Trinajstić information content (AvgIpc) is 3.33. The molecule has 0 bridgehead atoms. The first-order valence-electron chi connectivity index (χ1n) is 8.85. The summed E-state index contributed by atoms with van der Waals surface area (Å²) < 4.78 is 5.48. The van der Waals surface area contributed by atoms with Gasteiger partial charge in [-0.15, -0.1) is 10.2 Å². The Morgan fingerprint density at radius 1 is 1.22 bits per heavy atom. The molecule has 0 N–H and O–H groups in total. The van der Waals surface area contributed by atoms with Crippen LogP contribution in [-0.2, 0) is 34.1 Å². The van der Waals surface area contributed by atoms with Crippen LogP contribution in [0.4, 0.5) is 0 Å². The summed E-state index contributed by atoms with van der Waals surface area (Å²) in [5, 5.41) is 18.3. The van der Waals surface area contributed by atoms with Gasteiger partial charge >= 0.3 is 0 Å². The summed E-state index contributed by atoms with van der Waals surface area (Å²) in [5.74, 6) is 1.65. The molecule has 0 radical (unpaired) electrons. The van der Waals surface area contributed by atoms with E-state index in [1.165, 1.54) is 0 Å². The summed E-state index contributed by atoms with van der Waals surface area (Å²) in [6.07, 6.45) is 2.40. The highest BCUT2D eigenvalue weighted by molar-refractivity contribution is 7.99. The van der Waals surface area contributed by atoms with Gasteiger partial charge in [0.2, 0.25) is 0 Å². The van der Waals surface area contributed by atoms with Crippen molar-refractivity contribution >= 4 is 17.7 Å². The minimum atomic E-state index is -0.0179. The molecule has 1 amide bonds. The van der Waals surface area contributed by atoms with Crippen LogP contribution >= 0.6 is 11.8 Å². The van der Waals surface area contributed by atoms with E-state index in [4.69, 9.17) is 5.10 Å². The van der Waals surface area contributed by atoms with Gasteiger partial charge in [0.05, 0.1) is 6.54 Å². The second-order valence-corrected chi connectivity index (χ2v) is 7.74. The fourth-order valence-electron chi connectivity index (χ4n) is 3.47. The maximum absolute atomic E-state index is 12.9. The summed E-state index contributed by atoms with van der Waals surface area (Å²) in [5.41, 5.74) is 3.58. The van der Waals surface area contributed by atoms with Gasteiger partial charge in [0.25, 0.3) is 5.91 Å². The van der Waals surface area contributed by atoms with Crippen LogP contribution in [0.2, 0.25) is 0 Å². The molecule has 3 aromatic heterocycles. The lowest BCUT2D eigenvalue weighted by atomic mass is 10.0. The van der Waals surface area contributed by atoms with E-state index in [-0.39, 0.29) is 5.91 Å². The third kappa shape index (κ3) is 2.93. The van der Waals surface area contributed by atoms with E-state index in [2.05, 4.69) is 22.2 Å². The molecule has 0 fully saturated rings. The fraction of sp³-hybridized carbons (Fsp3) is 0.471.